The van der Waals surface area contributed by atoms with Crippen molar-refractivity contribution in [2.75, 3.05) is 18.5 Å². The van der Waals surface area contributed by atoms with Crippen LogP contribution in [0.3, 0.4) is 0 Å². The first-order chi connectivity index (χ1) is 13.3. The summed E-state index contributed by atoms with van der Waals surface area (Å²) >= 11 is 3.47. The third-order valence-electron chi connectivity index (χ3n) is 3.93. The van der Waals surface area contributed by atoms with E-state index in [0.29, 0.717) is 29.5 Å². The first-order valence-corrected chi connectivity index (χ1v) is 10.0. The average Bonchev–Trinajstić information content (AvgIpc) is 2.65. The number of amides is 1. The molecule has 2 aromatic rings. The zero-order valence-electron chi connectivity index (χ0n) is 16.6. The maximum Gasteiger partial charge on any atom is 0.338 e. The molecule has 0 aliphatic heterocycles. The highest BCUT2D eigenvalue weighted by Gasteiger charge is 2.10. The van der Waals surface area contributed by atoms with Gasteiger partial charge in [0.05, 0.1) is 16.6 Å². The molecule has 0 bridgehead atoms. The van der Waals surface area contributed by atoms with Crippen LogP contribution in [0.1, 0.15) is 49.5 Å². The molecule has 0 fully saturated rings. The predicted octanol–water partition coefficient (Wildman–Crippen LogP) is 5.40. The fraction of sp³-hybridized carbons (Fsp3) is 0.364. The Morgan fingerprint density at radius 2 is 1.71 bits per heavy atom. The SMILES string of the molecule is CC(C)COC(=O)c1ccc(NC(=O)COc2ccc(C(C)C)cc2Br)cc1. The molecule has 28 heavy (non-hydrogen) atoms. The molecule has 1 amide bonds. The molecule has 6 heteroatoms. The fourth-order valence-electron chi connectivity index (χ4n) is 2.35. The van der Waals surface area contributed by atoms with Gasteiger partial charge in [0.1, 0.15) is 5.75 Å². The van der Waals surface area contributed by atoms with Crippen molar-refractivity contribution in [3.8, 4) is 5.75 Å². The topological polar surface area (TPSA) is 64.6 Å². The summed E-state index contributed by atoms with van der Waals surface area (Å²) in [5, 5.41) is 2.75. The summed E-state index contributed by atoms with van der Waals surface area (Å²) in [7, 11) is 0. The lowest BCUT2D eigenvalue weighted by atomic mass is 10.0. The van der Waals surface area contributed by atoms with E-state index in [1.807, 2.05) is 32.0 Å². The van der Waals surface area contributed by atoms with Crippen LogP contribution >= 0.6 is 15.9 Å². The van der Waals surface area contributed by atoms with Gasteiger partial charge in [-0.2, -0.15) is 0 Å². The number of anilines is 1. The van der Waals surface area contributed by atoms with E-state index in [1.54, 1.807) is 24.3 Å². The highest BCUT2D eigenvalue weighted by Crippen LogP contribution is 2.28. The van der Waals surface area contributed by atoms with Crippen LogP contribution in [-0.2, 0) is 9.53 Å². The van der Waals surface area contributed by atoms with Crippen molar-refractivity contribution in [1.82, 2.24) is 0 Å². The highest BCUT2D eigenvalue weighted by atomic mass is 79.9. The van der Waals surface area contributed by atoms with E-state index < -0.39 is 0 Å². The van der Waals surface area contributed by atoms with E-state index >= 15 is 0 Å². The Morgan fingerprint density at radius 1 is 1.04 bits per heavy atom. The quantitative estimate of drug-likeness (QED) is 0.549. The van der Waals surface area contributed by atoms with E-state index in [9.17, 15) is 9.59 Å². The van der Waals surface area contributed by atoms with E-state index in [0.717, 1.165) is 4.47 Å². The predicted molar refractivity (Wildman–Crippen MR) is 114 cm³/mol. The smallest absolute Gasteiger partial charge is 0.338 e. The Balaban J connectivity index is 1.87. The van der Waals surface area contributed by atoms with Crippen molar-refractivity contribution in [3.05, 3.63) is 58.1 Å². The molecule has 0 radical (unpaired) electrons. The normalized spacial score (nSPS) is 10.8. The molecular weight excluding hydrogens is 422 g/mol. The molecule has 0 unspecified atom stereocenters. The lowest BCUT2D eigenvalue weighted by Gasteiger charge is -2.12. The van der Waals surface area contributed by atoms with E-state index in [1.165, 1.54) is 5.56 Å². The van der Waals surface area contributed by atoms with Crippen molar-refractivity contribution in [1.29, 1.82) is 0 Å². The molecule has 150 valence electrons. The summed E-state index contributed by atoms with van der Waals surface area (Å²) in [4.78, 5) is 24.0. The maximum absolute atomic E-state index is 12.1. The van der Waals surface area contributed by atoms with Gasteiger partial charge in [0, 0.05) is 5.69 Å². The second-order valence-electron chi connectivity index (χ2n) is 7.25. The van der Waals surface area contributed by atoms with Gasteiger partial charge in [-0.25, -0.2) is 4.79 Å². The molecule has 0 saturated heterocycles. The Hall–Kier alpha value is -2.34. The van der Waals surface area contributed by atoms with Gasteiger partial charge in [0.25, 0.3) is 5.91 Å². The molecule has 0 saturated carbocycles. The lowest BCUT2D eigenvalue weighted by molar-refractivity contribution is -0.118. The van der Waals surface area contributed by atoms with Gasteiger partial charge in [0.2, 0.25) is 0 Å². The second kappa shape index (κ2) is 10.3. The summed E-state index contributed by atoms with van der Waals surface area (Å²) in [6.45, 7) is 8.45. The van der Waals surface area contributed by atoms with Gasteiger partial charge < -0.3 is 14.8 Å². The molecule has 0 spiro atoms. The minimum Gasteiger partial charge on any atom is -0.483 e. The molecule has 0 atom stereocenters. The third kappa shape index (κ3) is 6.68. The maximum atomic E-state index is 12.1. The number of ether oxygens (including phenoxy) is 2. The molecule has 1 N–H and O–H groups in total. The lowest BCUT2D eigenvalue weighted by Crippen LogP contribution is -2.20. The van der Waals surface area contributed by atoms with Crippen molar-refractivity contribution < 1.29 is 19.1 Å². The van der Waals surface area contributed by atoms with Crippen LogP contribution < -0.4 is 10.1 Å². The number of esters is 1. The summed E-state index contributed by atoms with van der Waals surface area (Å²) in [6, 6.07) is 12.4. The Kier molecular flexibility index (Phi) is 8.05. The number of carbonyl (C=O) groups is 2. The van der Waals surface area contributed by atoms with Crippen molar-refractivity contribution in [3.63, 3.8) is 0 Å². The van der Waals surface area contributed by atoms with Crippen LogP contribution in [0.2, 0.25) is 0 Å². The number of benzene rings is 2. The van der Waals surface area contributed by atoms with E-state index in [4.69, 9.17) is 9.47 Å². The fourth-order valence-corrected chi connectivity index (χ4v) is 2.86. The van der Waals surface area contributed by atoms with Crippen molar-refractivity contribution >= 4 is 33.5 Å². The summed E-state index contributed by atoms with van der Waals surface area (Å²) in [6.07, 6.45) is 0. The Bertz CT molecular complexity index is 816. The van der Waals surface area contributed by atoms with Crippen LogP contribution in [0.4, 0.5) is 5.69 Å². The number of rotatable bonds is 8. The standard InChI is InChI=1S/C22H26BrNO4/c1-14(2)12-28-22(26)16-5-8-18(9-6-16)24-21(25)13-27-20-10-7-17(15(3)4)11-19(20)23/h5-11,14-15H,12-13H2,1-4H3,(H,24,25). The average molecular weight is 448 g/mol. The van der Waals surface area contributed by atoms with E-state index in [-0.39, 0.29) is 24.4 Å². The molecule has 0 aliphatic carbocycles. The summed E-state index contributed by atoms with van der Waals surface area (Å²) in [5.41, 5.74) is 2.22. The van der Waals surface area contributed by atoms with Crippen LogP contribution in [-0.4, -0.2) is 25.1 Å². The third-order valence-corrected chi connectivity index (χ3v) is 4.55. The monoisotopic (exact) mass is 447 g/mol. The summed E-state index contributed by atoms with van der Waals surface area (Å²) in [5.74, 6) is 0.658. The number of hydrogen-bond acceptors (Lipinski definition) is 4. The number of halogens is 1. The Labute approximate surface area is 174 Å². The van der Waals surface area contributed by atoms with Gasteiger partial charge in [-0.05, 0) is 69.7 Å². The van der Waals surface area contributed by atoms with Crippen LogP contribution in [0.15, 0.2) is 46.9 Å². The number of carbonyl (C=O) groups excluding carboxylic acids is 2. The highest BCUT2D eigenvalue weighted by molar-refractivity contribution is 9.10. The zero-order chi connectivity index (χ0) is 20.7. The van der Waals surface area contributed by atoms with E-state index in [2.05, 4.69) is 35.1 Å². The molecule has 0 aliphatic rings. The van der Waals surface area contributed by atoms with Gasteiger partial charge >= 0.3 is 5.97 Å². The largest absolute Gasteiger partial charge is 0.483 e. The zero-order valence-corrected chi connectivity index (χ0v) is 18.2. The summed E-state index contributed by atoms with van der Waals surface area (Å²) < 4.78 is 11.6. The van der Waals surface area contributed by atoms with Crippen molar-refractivity contribution in [2.45, 2.75) is 33.6 Å². The molecule has 2 aromatic carbocycles. The van der Waals surface area contributed by atoms with Gasteiger partial charge in [-0.15, -0.1) is 0 Å². The molecule has 5 nitrogen and oxygen atoms in total. The van der Waals surface area contributed by atoms with Gasteiger partial charge in [0.15, 0.2) is 6.61 Å². The van der Waals surface area contributed by atoms with Crippen LogP contribution in [0.25, 0.3) is 0 Å². The molecule has 0 heterocycles. The second-order valence-corrected chi connectivity index (χ2v) is 8.11. The molecule has 2 rings (SSSR count). The van der Waals surface area contributed by atoms with Crippen molar-refractivity contribution in [2.24, 2.45) is 5.92 Å². The minimum atomic E-state index is -0.371. The Morgan fingerprint density at radius 3 is 2.29 bits per heavy atom. The molecular formula is C22H26BrNO4. The van der Waals surface area contributed by atoms with Gasteiger partial charge in [-0.3, -0.25) is 4.79 Å². The first-order valence-electron chi connectivity index (χ1n) is 9.25. The minimum absolute atomic E-state index is 0.113. The first kappa shape index (κ1) is 22.0. The van der Waals surface area contributed by atoms with Crippen LogP contribution in [0, 0.1) is 5.92 Å². The number of hydrogen-bond donors (Lipinski definition) is 1. The molecule has 0 aromatic heterocycles. The van der Waals surface area contributed by atoms with Crippen LogP contribution in [0.5, 0.6) is 5.75 Å². The number of nitrogens with one attached hydrogen (secondary N) is 1. The van der Waals surface area contributed by atoms with Gasteiger partial charge in [-0.1, -0.05) is 33.8 Å².